The van der Waals surface area contributed by atoms with E-state index >= 15 is 0 Å². The summed E-state index contributed by atoms with van der Waals surface area (Å²) < 4.78 is 23.6. The van der Waals surface area contributed by atoms with Crippen LogP contribution >= 0.6 is 11.8 Å². The minimum absolute atomic E-state index is 0.0445. The number of carbonyl (C=O) groups excluding carboxylic acids is 2. The fourth-order valence-electron chi connectivity index (χ4n) is 1.90. The van der Waals surface area contributed by atoms with Crippen LogP contribution in [-0.2, 0) is 14.3 Å². The largest absolute Gasteiger partial charge is 0.497 e. The maximum atomic E-state index is 13.5. The maximum Gasteiger partial charge on any atom is 0.317 e. The van der Waals surface area contributed by atoms with Crippen molar-refractivity contribution in [2.45, 2.75) is 17.9 Å². The molecule has 1 N–H and O–H groups in total. The molecule has 0 bridgehead atoms. The minimum Gasteiger partial charge on any atom is -0.497 e. The normalized spacial score (nSPS) is 11.5. The number of nitrogens with one attached hydrogen (secondary N) is 1. The van der Waals surface area contributed by atoms with Gasteiger partial charge in [0.1, 0.15) is 11.6 Å². The van der Waals surface area contributed by atoms with Gasteiger partial charge in [0.05, 0.1) is 18.6 Å². The number of rotatable bonds is 7. The van der Waals surface area contributed by atoms with E-state index in [2.05, 4.69) is 5.32 Å². The molecule has 2 rings (SSSR count). The molecule has 5 nitrogen and oxygen atoms in total. The standard InChI is InChI=1S/C18H18FNO4S/c1-12(18(22)20-16-6-4-3-5-15(16)19)24-17(21)11-25-14-9-7-13(23-2)8-10-14/h3-10,12H,11H2,1-2H3,(H,20,22)/t12-/m1/s1. The molecule has 0 radical (unpaired) electrons. The van der Waals surface area contributed by atoms with Crippen molar-refractivity contribution in [1.82, 2.24) is 0 Å². The number of methoxy groups -OCH3 is 1. The molecule has 132 valence electrons. The molecule has 2 aromatic carbocycles. The van der Waals surface area contributed by atoms with Crippen molar-refractivity contribution in [3.05, 3.63) is 54.3 Å². The van der Waals surface area contributed by atoms with Crippen molar-refractivity contribution in [1.29, 1.82) is 0 Å². The molecule has 0 saturated heterocycles. The van der Waals surface area contributed by atoms with Gasteiger partial charge >= 0.3 is 5.97 Å². The molecular weight excluding hydrogens is 345 g/mol. The summed E-state index contributed by atoms with van der Waals surface area (Å²) in [5.41, 5.74) is 0.0445. The highest BCUT2D eigenvalue weighted by atomic mass is 32.2. The van der Waals surface area contributed by atoms with Crippen LogP contribution in [0.1, 0.15) is 6.92 Å². The number of carbonyl (C=O) groups is 2. The highest BCUT2D eigenvalue weighted by Crippen LogP contribution is 2.21. The summed E-state index contributed by atoms with van der Waals surface area (Å²) in [6.07, 6.45) is -1.02. The van der Waals surface area contributed by atoms with Gasteiger partial charge in [-0.2, -0.15) is 0 Å². The number of thioether (sulfide) groups is 1. The minimum atomic E-state index is -1.02. The zero-order chi connectivity index (χ0) is 18.2. The van der Waals surface area contributed by atoms with Crippen molar-refractivity contribution in [3.63, 3.8) is 0 Å². The summed E-state index contributed by atoms with van der Waals surface area (Å²) in [4.78, 5) is 24.7. The number of para-hydroxylation sites is 1. The third-order valence-electron chi connectivity index (χ3n) is 3.23. The number of benzene rings is 2. The molecule has 0 heterocycles. The summed E-state index contributed by atoms with van der Waals surface area (Å²) in [6.45, 7) is 1.44. The Bertz CT molecular complexity index is 736. The number of anilines is 1. The SMILES string of the molecule is COc1ccc(SCC(=O)O[C@H](C)C(=O)Nc2ccccc2F)cc1. The molecule has 0 aromatic heterocycles. The number of halogens is 1. The lowest BCUT2D eigenvalue weighted by atomic mass is 10.3. The van der Waals surface area contributed by atoms with Crippen LogP contribution in [0.15, 0.2) is 53.4 Å². The maximum absolute atomic E-state index is 13.5. The number of amides is 1. The van der Waals surface area contributed by atoms with Crippen LogP contribution in [0.5, 0.6) is 5.75 Å². The Balaban J connectivity index is 1.80. The lowest BCUT2D eigenvalue weighted by Gasteiger charge is -2.13. The van der Waals surface area contributed by atoms with E-state index in [4.69, 9.17) is 9.47 Å². The smallest absolute Gasteiger partial charge is 0.317 e. The number of hydrogen-bond acceptors (Lipinski definition) is 5. The molecular formula is C18H18FNO4S. The van der Waals surface area contributed by atoms with Gasteiger partial charge in [-0.05, 0) is 43.3 Å². The van der Waals surface area contributed by atoms with E-state index in [1.54, 1.807) is 25.3 Å². The predicted octanol–water partition coefficient (Wildman–Crippen LogP) is 3.50. The summed E-state index contributed by atoms with van der Waals surface area (Å²) >= 11 is 1.29. The molecule has 0 aliphatic rings. The average molecular weight is 363 g/mol. The van der Waals surface area contributed by atoms with Gasteiger partial charge in [0.2, 0.25) is 0 Å². The predicted molar refractivity (Wildman–Crippen MR) is 94.3 cm³/mol. The Labute approximate surface area is 149 Å². The van der Waals surface area contributed by atoms with Crippen LogP contribution in [0, 0.1) is 5.82 Å². The number of ether oxygens (including phenoxy) is 2. The fourth-order valence-corrected chi connectivity index (χ4v) is 2.58. The molecule has 7 heteroatoms. The summed E-state index contributed by atoms with van der Waals surface area (Å²) in [5, 5.41) is 2.39. The van der Waals surface area contributed by atoms with Crippen molar-refractivity contribution in [3.8, 4) is 5.75 Å². The highest BCUT2D eigenvalue weighted by molar-refractivity contribution is 8.00. The van der Waals surface area contributed by atoms with E-state index in [1.165, 1.54) is 36.9 Å². The lowest BCUT2D eigenvalue weighted by molar-refractivity contribution is -0.150. The monoisotopic (exact) mass is 363 g/mol. The van der Waals surface area contributed by atoms with Gasteiger partial charge in [-0.1, -0.05) is 12.1 Å². The zero-order valence-corrected chi connectivity index (χ0v) is 14.6. The van der Waals surface area contributed by atoms with E-state index < -0.39 is 23.8 Å². The van der Waals surface area contributed by atoms with Gasteiger partial charge in [0.15, 0.2) is 6.10 Å². The van der Waals surface area contributed by atoms with Gasteiger partial charge in [-0.15, -0.1) is 11.8 Å². The summed E-state index contributed by atoms with van der Waals surface area (Å²) in [7, 11) is 1.58. The second-order valence-corrected chi connectivity index (χ2v) is 6.11. The summed E-state index contributed by atoms with van der Waals surface area (Å²) in [5.74, 6) is -0.886. The first-order chi connectivity index (χ1) is 12.0. The van der Waals surface area contributed by atoms with E-state index in [0.29, 0.717) is 0 Å². The molecule has 0 saturated carbocycles. The number of esters is 1. The van der Waals surface area contributed by atoms with Crippen molar-refractivity contribution in [2.75, 3.05) is 18.2 Å². The third-order valence-corrected chi connectivity index (χ3v) is 4.21. The van der Waals surface area contributed by atoms with Gasteiger partial charge < -0.3 is 14.8 Å². The second kappa shape index (κ2) is 9.08. The third kappa shape index (κ3) is 5.79. The van der Waals surface area contributed by atoms with E-state index in [1.807, 2.05) is 12.1 Å². The first-order valence-corrected chi connectivity index (χ1v) is 8.50. The van der Waals surface area contributed by atoms with Crippen molar-refractivity contribution >= 4 is 29.3 Å². The van der Waals surface area contributed by atoms with Crippen LogP contribution < -0.4 is 10.1 Å². The highest BCUT2D eigenvalue weighted by Gasteiger charge is 2.19. The Morgan fingerprint density at radius 3 is 2.48 bits per heavy atom. The quantitative estimate of drug-likeness (QED) is 0.603. The molecule has 25 heavy (non-hydrogen) atoms. The van der Waals surface area contributed by atoms with Gasteiger partial charge in [-0.25, -0.2) is 4.39 Å². The topological polar surface area (TPSA) is 64.6 Å². The first-order valence-electron chi connectivity index (χ1n) is 7.51. The molecule has 2 aromatic rings. The summed E-state index contributed by atoms with van der Waals surface area (Å²) in [6, 6.07) is 13.0. The van der Waals surface area contributed by atoms with Crippen LogP contribution in [0.4, 0.5) is 10.1 Å². The van der Waals surface area contributed by atoms with E-state index in [0.717, 1.165) is 10.6 Å². The van der Waals surface area contributed by atoms with Gasteiger partial charge in [0.25, 0.3) is 5.91 Å². The van der Waals surface area contributed by atoms with E-state index in [-0.39, 0.29) is 11.4 Å². The molecule has 0 aliphatic heterocycles. The van der Waals surface area contributed by atoms with Crippen molar-refractivity contribution < 1.29 is 23.5 Å². The Hall–Kier alpha value is -2.54. The molecule has 0 unspecified atom stereocenters. The molecule has 0 aliphatic carbocycles. The van der Waals surface area contributed by atoms with Crippen LogP contribution in [0.3, 0.4) is 0 Å². The fraction of sp³-hybridized carbons (Fsp3) is 0.222. The first kappa shape index (κ1) is 18.8. The van der Waals surface area contributed by atoms with E-state index in [9.17, 15) is 14.0 Å². The van der Waals surface area contributed by atoms with Crippen LogP contribution in [0.2, 0.25) is 0 Å². The zero-order valence-electron chi connectivity index (χ0n) is 13.8. The Morgan fingerprint density at radius 1 is 1.16 bits per heavy atom. The lowest BCUT2D eigenvalue weighted by Crippen LogP contribution is -2.30. The Morgan fingerprint density at radius 2 is 1.84 bits per heavy atom. The number of hydrogen-bond donors (Lipinski definition) is 1. The molecule has 0 spiro atoms. The van der Waals surface area contributed by atoms with Gasteiger partial charge in [0, 0.05) is 4.90 Å². The molecule has 1 atom stereocenters. The molecule has 0 fully saturated rings. The molecule has 1 amide bonds. The Kier molecular flexibility index (Phi) is 6.82. The second-order valence-electron chi connectivity index (χ2n) is 5.07. The van der Waals surface area contributed by atoms with Crippen LogP contribution in [0.25, 0.3) is 0 Å². The van der Waals surface area contributed by atoms with Crippen LogP contribution in [-0.4, -0.2) is 30.8 Å². The average Bonchev–Trinajstić information content (AvgIpc) is 2.62. The van der Waals surface area contributed by atoms with Crippen molar-refractivity contribution in [2.24, 2.45) is 0 Å². The van der Waals surface area contributed by atoms with Gasteiger partial charge in [-0.3, -0.25) is 9.59 Å².